The van der Waals surface area contributed by atoms with Gasteiger partial charge >= 0.3 is 0 Å². The molecule has 1 heterocycles. The van der Waals surface area contributed by atoms with Gasteiger partial charge in [-0.15, -0.1) is 0 Å². The summed E-state index contributed by atoms with van der Waals surface area (Å²) < 4.78 is 27.3. The Labute approximate surface area is 119 Å². The molecule has 0 unspecified atom stereocenters. The summed E-state index contributed by atoms with van der Waals surface area (Å²) >= 11 is 0. The van der Waals surface area contributed by atoms with Gasteiger partial charge in [-0.3, -0.25) is 4.98 Å². The largest absolute Gasteiger partial charge is 0.387 e. The highest BCUT2D eigenvalue weighted by molar-refractivity contribution is 7.89. The van der Waals surface area contributed by atoms with Gasteiger partial charge < -0.3 is 5.32 Å². The summed E-state index contributed by atoms with van der Waals surface area (Å²) in [5.74, 6) is 0. The first-order chi connectivity index (χ1) is 9.54. The maximum absolute atomic E-state index is 12.3. The van der Waals surface area contributed by atoms with E-state index in [9.17, 15) is 8.42 Å². The van der Waals surface area contributed by atoms with Gasteiger partial charge in [0.1, 0.15) is 4.90 Å². The maximum Gasteiger partial charge on any atom is 0.242 e. The Bertz CT molecular complexity index is 699. The van der Waals surface area contributed by atoms with Crippen LogP contribution in [0.5, 0.6) is 0 Å². The number of anilines is 1. The maximum atomic E-state index is 12.3. The highest BCUT2D eigenvalue weighted by atomic mass is 32.2. The van der Waals surface area contributed by atoms with Crippen LogP contribution in [-0.2, 0) is 16.6 Å². The number of benzene rings is 1. The smallest absolute Gasteiger partial charge is 0.242 e. The molecule has 0 aliphatic carbocycles. The number of rotatable bonds is 5. The first-order valence-corrected chi connectivity index (χ1v) is 7.69. The van der Waals surface area contributed by atoms with Crippen molar-refractivity contribution in [2.24, 2.45) is 0 Å². The lowest BCUT2D eigenvalue weighted by molar-refractivity contribution is 0.581. The molecule has 0 saturated carbocycles. The van der Waals surface area contributed by atoms with Crippen molar-refractivity contribution in [3.05, 3.63) is 53.9 Å². The molecule has 2 aromatic rings. The SMILES string of the molecule is CNc1ccccc1S(=O)(=O)NCc1ccncc1C. The number of para-hydroxylation sites is 1. The van der Waals surface area contributed by atoms with Gasteiger partial charge in [-0.2, -0.15) is 0 Å². The summed E-state index contributed by atoms with van der Waals surface area (Å²) in [5.41, 5.74) is 2.44. The van der Waals surface area contributed by atoms with E-state index in [0.29, 0.717) is 5.69 Å². The molecule has 20 heavy (non-hydrogen) atoms. The molecule has 6 heteroatoms. The molecule has 0 amide bonds. The normalized spacial score (nSPS) is 11.3. The van der Waals surface area contributed by atoms with E-state index in [1.54, 1.807) is 43.7 Å². The van der Waals surface area contributed by atoms with Crippen molar-refractivity contribution in [3.63, 3.8) is 0 Å². The molecule has 2 rings (SSSR count). The lowest BCUT2D eigenvalue weighted by Crippen LogP contribution is -2.24. The molecule has 2 N–H and O–H groups in total. The van der Waals surface area contributed by atoms with E-state index in [-0.39, 0.29) is 11.4 Å². The molecule has 5 nitrogen and oxygen atoms in total. The predicted molar refractivity (Wildman–Crippen MR) is 79.0 cm³/mol. The number of pyridine rings is 1. The van der Waals surface area contributed by atoms with E-state index >= 15 is 0 Å². The second kappa shape index (κ2) is 6.02. The van der Waals surface area contributed by atoms with Gasteiger partial charge in [0.2, 0.25) is 10.0 Å². The van der Waals surface area contributed by atoms with Crippen molar-refractivity contribution in [3.8, 4) is 0 Å². The Hall–Kier alpha value is -1.92. The minimum Gasteiger partial charge on any atom is -0.387 e. The van der Waals surface area contributed by atoms with E-state index in [2.05, 4.69) is 15.0 Å². The molecule has 0 bridgehead atoms. The Morgan fingerprint density at radius 2 is 1.95 bits per heavy atom. The van der Waals surface area contributed by atoms with Crippen molar-refractivity contribution >= 4 is 15.7 Å². The second-order valence-electron chi connectivity index (χ2n) is 4.37. The lowest BCUT2D eigenvalue weighted by Gasteiger charge is -2.11. The van der Waals surface area contributed by atoms with Crippen molar-refractivity contribution in [2.75, 3.05) is 12.4 Å². The van der Waals surface area contributed by atoms with Crippen LogP contribution in [0.3, 0.4) is 0 Å². The molecule has 0 radical (unpaired) electrons. The summed E-state index contributed by atoms with van der Waals surface area (Å²) in [6.07, 6.45) is 3.36. The van der Waals surface area contributed by atoms with Gasteiger partial charge in [-0.25, -0.2) is 13.1 Å². The van der Waals surface area contributed by atoms with Crippen molar-refractivity contribution in [2.45, 2.75) is 18.4 Å². The lowest BCUT2D eigenvalue weighted by atomic mass is 10.2. The fourth-order valence-electron chi connectivity index (χ4n) is 1.86. The molecule has 0 saturated heterocycles. The molecular weight excluding hydrogens is 274 g/mol. The molecule has 106 valence electrons. The van der Waals surface area contributed by atoms with Crippen molar-refractivity contribution < 1.29 is 8.42 Å². The minimum absolute atomic E-state index is 0.245. The Balaban J connectivity index is 2.22. The van der Waals surface area contributed by atoms with Crippen LogP contribution in [-0.4, -0.2) is 20.4 Å². The fraction of sp³-hybridized carbons (Fsp3) is 0.214. The van der Waals surface area contributed by atoms with Crippen LogP contribution >= 0.6 is 0 Å². The number of nitrogens with zero attached hydrogens (tertiary/aromatic N) is 1. The van der Waals surface area contributed by atoms with Crippen LogP contribution in [0, 0.1) is 6.92 Å². The number of hydrogen-bond donors (Lipinski definition) is 2. The number of aryl methyl sites for hydroxylation is 1. The van der Waals surface area contributed by atoms with Crippen LogP contribution in [0.1, 0.15) is 11.1 Å². The van der Waals surface area contributed by atoms with Crippen LogP contribution < -0.4 is 10.0 Å². The topological polar surface area (TPSA) is 71.1 Å². The van der Waals surface area contributed by atoms with Gasteiger partial charge in [-0.1, -0.05) is 12.1 Å². The van der Waals surface area contributed by atoms with Crippen molar-refractivity contribution in [1.82, 2.24) is 9.71 Å². The summed E-state index contributed by atoms with van der Waals surface area (Å²) in [6, 6.07) is 8.60. The van der Waals surface area contributed by atoms with E-state index < -0.39 is 10.0 Å². The highest BCUT2D eigenvalue weighted by Crippen LogP contribution is 2.20. The van der Waals surface area contributed by atoms with E-state index in [4.69, 9.17) is 0 Å². The molecule has 0 spiro atoms. The van der Waals surface area contributed by atoms with Crippen LogP contribution in [0.25, 0.3) is 0 Å². The first-order valence-electron chi connectivity index (χ1n) is 6.20. The quantitative estimate of drug-likeness (QED) is 0.883. The number of hydrogen-bond acceptors (Lipinski definition) is 4. The molecular formula is C14H17N3O2S. The molecule has 1 aromatic carbocycles. The fourth-order valence-corrected chi connectivity index (χ4v) is 3.08. The first kappa shape index (κ1) is 14.5. The third-order valence-corrected chi connectivity index (χ3v) is 4.49. The molecule has 0 aliphatic heterocycles. The molecule has 1 aromatic heterocycles. The minimum atomic E-state index is -3.55. The Morgan fingerprint density at radius 1 is 1.20 bits per heavy atom. The Morgan fingerprint density at radius 3 is 2.65 bits per heavy atom. The average Bonchev–Trinajstić information content (AvgIpc) is 2.46. The summed E-state index contributed by atoms with van der Waals surface area (Å²) in [7, 11) is -1.86. The summed E-state index contributed by atoms with van der Waals surface area (Å²) in [6.45, 7) is 2.15. The zero-order valence-electron chi connectivity index (χ0n) is 11.4. The summed E-state index contributed by atoms with van der Waals surface area (Å²) in [5, 5.41) is 2.88. The van der Waals surface area contributed by atoms with Gasteiger partial charge in [0.25, 0.3) is 0 Å². The Kier molecular flexibility index (Phi) is 4.36. The molecule has 0 fully saturated rings. The molecule has 0 atom stereocenters. The van der Waals surface area contributed by atoms with Crippen LogP contribution in [0.2, 0.25) is 0 Å². The highest BCUT2D eigenvalue weighted by Gasteiger charge is 2.17. The van der Waals surface area contributed by atoms with Crippen LogP contribution in [0.4, 0.5) is 5.69 Å². The number of nitrogens with one attached hydrogen (secondary N) is 2. The third-order valence-electron chi connectivity index (χ3n) is 3.04. The van der Waals surface area contributed by atoms with Gasteiger partial charge in [0.15, 0.2) is 0 Å². The zero-order chi connectivity index (χ0) is 14.6. The third kappa shape index (κ3) is 3.15. The van der Waals surface area contributed by atoms with Crippen LogP contribution in [0.15, 0.2) is 47.6 Å². The van der Waals surface area contributed by atoms with E-state index in [1.165, 1.54) is 0 Å². The van der Waals surface area contributed by atoms with Gasteiger partial charge in [-0.05, 0) is 36.2 Å². The number of sulfonamides is 1. The molecule has 0 aliphatic rings. The summed E-state index contributed by atoms with van der Waals surface area (Å²) in [4.78, 5) is 4.23. The second-order valence-corrected chi connectivity index (χ2v) is 6.11. The van der Waals surface area contributed by atoms with Crippen molar-refractivity contribution in [1.29, 1.82) is 0 Å². The van der Waals surface area contributed by atoms with E-state index in [0.717, 1.165) is 11.1 Å². The predicted octanol–water partition coefficient (Wildman–Crippen LogP) is 1.91. The van der Waals surface area contributed by atoms with Gasteiger partial charge in [0, 0.05) is 26.0 Å². The standard InChI is InChI=1S/C14H17N3O2S/c1-11-9-16-8-7-12(11)10-17-20(18,19)14-6-4-3-5-13(14)15-2/h3-9,15,17H,10H2,1-2H3. The number of aromatic nitrogens is 1. The zero-order valence-corrected chi connectivity index (χ0v) is 12.2. The average molecular weight is 291 g/mol. The monoisotopic (exact) mass is 291 g/mol. The van der Waals surface area contributed by atoms with E-state index in [1.807, 2.05) is 13.0 Å². The van der Waals surface area contributed by atoms with Gasteiger partial charge in [0.05, 0.1) is 5.69 Å².